The molecule has 4 nitrogen and oxygen atoms in total. The molecule has 0 heterocycles. The second-order valence-electron chi connectivity index (χ2n) is 4.47. The molecule has 0 amide bonds. The Labute approximate surface area is 89.3 Å². The molecular weight excluding hydrogens is 196 g/mol. The van der Waals surface area contributed by atoms with Crippen molar-refractivity contribution in [1.82, 2.24) is 0 Å². The zero-order valence-corrected chi connectivity index (χ0v) is 8.98. The summed E-state index contributed by atoms with van der Waals surface area (Å²) in [6.45, 7) is 2.03. The Morgan fingerprint density at radius 1 is 1.27 bits per heavy atom. The molecule has 15 heavy (non-hydrogen) atoms. The van der Waals surface area contributed by atoms with Crippen LogP contribution in [-0.2, 0) is 9.59 Å². The average molecular weight is 214 g/mol. The van der Waals surface area contributed by atoms with Crippen LogP contribution in [0.1, 0.15) is 39.0 Å². The molecule has 2 N–H and O–H groups in total. The Morgan fingerprint density at radius 2 is 1.87 bits per heavy atom. The van der Waals surface area contributed by atoms with Gasteiger partial charge in [0.25, 0.3) is 0 Å². The second kappa shape index (κ2) is 5.14. The van der Waals surface area contributed by atoms with Crippen LogP contribution in [0, 0.1) is 17.8 Å². The third-order valence-electron chi connectivity index (χ3n) is 3.41. The highest BCUT2D eigenvalue weighted by Crippen LogP contribution is 2.36. The van der Waals surface area contributed by atoms with Gasteiger partial charge < -0.3 is 10.2 Å². The van der Waals surface area contributed by atoms with Crippen LogP contribution in [0.2, 0.25) is 0 Å². The Bertz CT molecular complexity index is 249. The molecule has 0 radical (unpaired) electrons. The van der Waals surface area contributed by atoms with Gasteiger partial charge in [0, 0.05) is 0 Å². The number of carboxylic acid groups (broad SMARTS) is 2. The van der Waals surface area contributed by atoms with Crippen LogP contribution in [0.5, 0.6) is 0 Å². The molecule has 1 aliphatic rings. The summed E-state index contributed by atoms with van der Waals surface area (Å²) in [6, 6.07) is 0. The van der Waals surface area contributed by atoms with E-state index >= 15 is 0 Å². The normalized spacial score (nSPS) is 28.3. The number of hydrogen-bond donors (Lipinski definition) is 2. The number of carbonyl (C=O) groups is 2. The van der Waals surface area contributed by atoms with Gasteiger partial charge in [0.2, 0.25) is 0 Å². The van der Waals surface area contributed by atoms with Crippen LogP contribution in [0.15, 0.2) is 0 Å². The lowest BCUT2D eigenvalue weighted by atomic mass is 9.72. The molecule has 0 saturated heterocycles. The zero-order valence-electron chi connectivity index (χ0n) is 8.98. The van der Waals surface area contributed by atoms with E-state index in [9.17, 15) is 9.59 Å². The van der Waals surface area contributed by atoms with Gasteiger partial charge in [0.1, 0.15) is 0 Å². The van der Waals surface area contributed by atoms with Crippen molar-refractivity contribution in [3.05, 3.63) is 0 Å². The van der Waals surface area contributed by atoms with Crippen LogP contribution in [-0.4, -0.2) is 22.2 Å². The van der Waals surface area contributed by atoms with Crippen molar-refractivity contribution in [2.24, 2.45) is 17.8 Å². The average Bonchev–Trinajstić information content (AvgIpc) is 2.15. The molecule has 1 fully saturated rings. The molecule has 0 aromatic carbocycles. The van der Waals surface area contributed by atoms with Crippen molar-refractivity contribution in [2.45, 2.75) is 39.0 Å². The molecule has 0 aliphatic heterocycles. The number of hydrogen-bond acceptors (Lipinski definition) is 2. The topological polar surface area (TPSA) is 74.6 Å². The van der Waals surface area contributed by atoms with E-state index in [4.69, 9.17) is 10.2 Å². The maximum Gasteiger partial charge on any atom is 0.307 e. The molecule has 0 aromatic heterocycles. The van der Waals surface area contributed by atoms with Gasteiger partial charge in [-0.1, -0.05) is 26.2 Å². The molecule has 4 heteroatoms. The Morgan fingerprint density at radius 3 is 2.33 bits per heavy atom. The van der Waals surface area contributed by atoms with Gasteiger partial charge >= 0.3 is 11.9 Å². The third kappa shape index (κ3) is 3.22. The van der Waals surface area contributed by atoms with E-state index < -0.39 is 17.9 Å². The molecule has 3 unspecified atom stereocenters. The van der Waals surface area contributed by atoms with Gasteiger partial charge in [-0.05, 0) is 18.3 Å². The minimum atomic E-state index is -1.01. The van der Waals surface area contributed by atoms with Crippen molar-refractivity contribution in [1.29, 1.82) is 0 Å². The molecule has 1 saturated carbocycles. The smallest absolute Gasteiger partial charge is 0.307 e. The predicted molar refractivity (Wildman–Crippen MR) is 54.5 cm³/mol. The molecule has 0 aromatic rings. The Kier molecular flexibility index (Phi) is 4.12. The molecular formula is C11H18O4. The molecule has 0 spiro atoms. The van der Waals surface area contributed by atoms with E-state index in [0.29, 0.717) is 5.92 Å². The van der Waals surface area contributed by atoms with E-state index in [0.717, 1.165) is 25.7 Å². The quantitative estimate of drug-likeness (QED) is 0.750. The minimum Gasteiger partial charge on any atom is -0.481 e. The van der Waals surface area contributed by atoms with Crippen molar-refractivity contribution in [3.8, 4) is 0 Å². The first-order chi connectivity index (χ1) is 7.02. The summed E-state index contributed by atoms with van der Waals surface area (Å²) in [5, 5.41) is 17.7. The van der Waals surface area contributed by atoms with Crippen LogP contribution in [0.3, 0.4) is 0 Å². The van der Waals surface area contributed by atoms with Gasteiger partial charge in [-0.2, -0.15) is 0 Å². The molecule has 86 valence electrons. The standard InChI is InChI=1S/C11H18O4/c1-7-4-2-3-5-8(7)9(11(14)15)6-10(12)13/h7-9H,2-6H2,1H3,(H,12,13)(H,14,15). The lowest BCUT2D eigenvalue weighted by molar-refractivity contribution is -0.151. The highest BCUT2D eigenvalue weighted by molar-refractivity contribution is 5.78. The molecule has 3 atom stereocenters. The molecule has 0 bridgehead atoms. The number of rotatable bonds is 4. The van der Waals surface area contributed by atoms with Crippen molar-refractivity contribution in [3.63, 3.8) is 0 Å². The summed E-state index contributed by atoms with van der Waals surface area (Å²) in [5.41, 5.74) is 0. The van der Waals surface area contributed by atoms with Crippen molar-refractivity contribution < 1.29 is 19.8 Å². The number of aliphatic carboxylic acids is 2. The predicted octanol–water partition coefficient (Wildman–Crippen LogP) is 1.99. The van der Waals surface area contributed by atoms with Gasteiger partial charge in [-0.3, -0.25) is 9.59 Å². The van der Waals surface area contributed by atoms with Crippen molar-refractivity contribution >= 4 is 11.9 Å². The summed E-state index contributed by atoms with van der Waals surface area (Å²) in [5.74, 6) is -2.32. The van der Waals surface area contributed by atoms with Crippen molar-refractivity contribution in [2.75, 3.05) is 0 Å². The maximum absolute atomic E-state index is 11.0. The van der Waals surface area contributed by atoms with Gasteiger partial charge in [-0.15, -0.1) is 0 Å². The Hall–Kier alpha value is -1.06. The molecule has 1 rings (SSSR count). The lowest BCUT2D eigenvalue weighted by Gasteiger charge is -2.32. The van der Waals surface area contributed by atoms with E-state index in [-0.39, 0.29) is 12.3 Å². The van der Waals surface area contributed by atoms with Crippen LogP contribution >= 0.6 is 0 Å². The minimum absolute atomic E-state index is 0.0346. The summed E-state index contributed by atoms with van der Waals surface area (Å²) < 4.78 is 0. The SMILES string of the molecule is CC1CCCCC1C(CC(=O)O)C(=O)O. The van der Waals surface area contributed by atoms with Crippen LogP contribution < -0.4 is 0 Å². The van der Waals surface area contributed by atoms with Gasteiger partial charge in [-0.25, -0.2) is 0 Å². The van der Waals surface area contributed by atoms with E-state index in [1.807, 2.05) is 6.92 Å². The van der Waals surface area contributed by atoms with E-state index in [1.54, 1.807) is 0 Å². The number of carboxylic acids is 2. The fraction of sp³-hybridized carbons (Fsp3) is 0.818. The van der Waals surface area contributed by atoms with E-state index in [1.165, 1.54) is 0 Å². The second-order valence-corrected chi connectivity index (χ2v) is 4.47. The first-order valence-corrected chi connectivity index (χ1v) is 5.47. The van der Waals surface area contributed by atoms with E-state index in [2.05, 4.69) is 0 Å². The van der Waals surface area contributed by atoms with Crippen LogP contribution in [0.4, 0.5) is 0 Å². The first-order valence-electron chi connectivity index (χ1n) is 5.47. The van der Waals surface area contributed by atoms with Crippen LogP contribution in [0.25, 0.3) is 0 Å². The van der Waals surface area contributed by atoms with Gasteiger partial charge in [0.05, 0.1) is 12.3 Å². The summed E-state index contributed by atoms with van der Waals surface area (Å²) in [4.78, 5) is 21.6. The highest BCUT2D eigenvalue weighted by atomic mass is 16.4. The fourth-order valence-electron chi connectivity index (χ4n) is 2.55. The highest BCUT2D eigenvalue weighted by Gasteiger charge is 2.35. The third-order valence-corrected chi connectivity index (χ3v) is 3.41. The summed E-state index contributed by atoms with van der Waals surface area (Å²) >= 11 is 0. The zero-order chi connectivity index (χ0) is 11.4. The maximum atomic E-state index is 11.0. The first kappa shape index (κ1) is 12.0. The monoisotopic (exact) mass is 214 g/mol. The molecule has 1 aliphatic carbocycles. The largest absolute Gasteiger partial charge is 0.481 e. The fourth-order valence-corrected chi connectivity index (χ4v) is 2.55. The van der Waals surface area contributed by atoms with Gasteiger partial charge in [0.15, 0.2) is 0 Å². The summed E-state index contributed by atoms with van der Waals surface area (Å²) in [6.07, 6.45) is 3.79. The lowest BCUT2D eigenvalue weighted by Crippen LogP contribution is -2.32. The Balaban J connectivity index is 2.68. The summed E-state index contributed by atoms with van der Waals surface area (Å²) in [7, 11) is 0.